The van der Waals surface area contributed by atoms with E-state index in [0.29, 0.717) is 24.6 Å². The van der Waals surface area contributed by atoms with Crippen LogP contribution in [-0.4, -0.2) is 65.7 Å². The van der Waals surface area contributed by atoms with Gasteiger partial charge >= 0.3 is 0 Å². The van der Waals surface area contributed by atoms with Gasteiger partial charge in [-0.05, 0) is 30.7 Å². The van der Waals surface area contributed by atoms with E-state index in [4.69, 9.17) is 0 Å². The van der Waals surface area contributed by atoms with Crippen molar-refractivity contribution in [3.8, 4) is 0 Å². The largest absolute Gasteiger partial charge is 0.367 e. The van der Waals surface area contributed by atoms with E-state index in [9.17, 15) is 18.0 Å². The topological polar surface area (TPSA) is 146 Å². The summed E-state index contributed by atoms with van der Waals surface area (Å²) in [6.07, 6.45) is 4.40. The van der Waals surface area contributed by atoms with Crippen LogP contribution in [0.3, 0.4) is 0 Å². The van der Waals surface area contributed by atoms with Crippen molar-refractivity contribution in [1.29, 1.82) is 0 Å². The summed E-state index contributed by atoms with van der Waals surface area (Å²) in [5.41, 5.74) is 0.836. The molecule has 1 saturated heterocycles. The number of hydrogen-bond acceptors (Lipinski definition) is 9. The van der Waals surface area contributed by atoms with Gasteiger partial charge in [0.1, 0.15) is 5.82 Å². The lowest BCUT2D eigenvalue weighted by Gasteiger charge is -2.24. The van der Waals surface area contributed by atoms with E-state index in [1.165, 1.54) is 0 Å². The average Bonchev–Trinajstić information content (AvgIpc) is 2.73. The van der Waals surface area contributed by atoms with Gasteiger partial charge in [-0.25, -0.2) is 13.1 Å². The quantitative estimate of drug-likeness (QED) is 0.360. The van der Waals surface area contributed by atoms with E-state index in [-0.39, 0.29) is 43.5 Å². The molecule has 160 valence electrons. The highest BCUT2D eigenvalue weighted by Crippen LogP contribution is 2.13. The number of carbonyl (C=O) groups is 2. The number of likely N-dealkylation sites (tertiary alicyclic amines) is 1. The van der Waals surface area contributed by atoms with Crippen molar-refractivity contribution in [2.75, 3.05) is 36.0 Å². The van der Waals surface area contributed by atoms with Crippen molar-refractivity contribution in [1.82, 2.24) is 24.8 Å². The van der Waals surface area contributed by atoms with Crippen molar-refractivity contribution in [3.63, 3.8) is 0 Å². The Kier molecular flexibility index (Phi) is 7.25. The van der Waals surface area contributed by atoms with Gasteiger partial charge < -0.3 is 10.6 Å². The van der Waals surface area contributed by atoms with Gasteiger partial charge in [0.05, 0.1) is 5.75 Å². The van der Waals surface area contributed by atoms with Crippen molar-refractivity contribution >= 4 is 39.2 Å². The summed E-state index contributed by atoms with van der Waals surface area (Å²) in [5.74, 6) is 0.111. The lowest BCUT2D eigenvalue weighted by molar-refractivity contribution is -0.147. The number of hydrogen-bond donors (Lipinski definition) is 3. The lowest BCUT2D eigenvalue weighted by Crippen LogP contribution is -2.44. The molecule has 2 aromatic heterocycles. The molecule has 1 aliphatic rings. The zero-order chi connectivity index (χ0) is 21.4. The van der Waals surface area contributed by atoms with E-state index in [0.717, 1.165) is 10.6 Å². The number of aromatic nitrogens is 3. The number of imide groups is 1. The third-order valence-electron chi connectivity index (χ3n) is 4.34. The molecule has 3 rings (SSSR count). The molecule has 0 aliphatic carbocycles. The average molecular weight is 433 g/mol. The molecule has 1 fully saturated rings. The summed E-state index contributed by atoms with van der Waals surface area (Å²) < 4.78 is 26.6. The second-order valence-corrected chi connectivity index (χ2v) is 8.52. The Morgan fingerprint density at radius 2 is 1.60 bits per heavy atom. The first kappa shape index (κ1) is 21.6. The van der Waals surface area contributed by atoms with E-state index in [1.54, 1.807) is 36.7 Å². The molecule has 30 heavy (non-hydrogen) atoms. The third kappa shape index (κ3) is 6.46. The maximum absolute atomic E-state index is 12.1. The van der Waals surface area contributed by atoms with Gasteiger partial charge in [0.2, 0.25) is 21.8 Å². The summed E-state index contributed by atoms with van der Waals surface area (Å²) in [4.78, 5) is 28.4. The summed E-state index contributed by atoms with van der Waals surface area (Å²) in [6, 6.07) is 7.07. The Labute approximate surface area is 174 Å². The molecule has 2 aromatic rings. The molecular formula is C18H23N7O4S. The number of rotatable bonds is 10. The van der Waals surface area contributed by atoms with Crippen molar-refractivity contribution in [2.24, 2.45) is 0 Å². The minimum atomic E-state index is -3.61. The molecular weight excluding hydrogens is 410 g/mol. The highest BCUT2D eigenvalue weighted by atomic mass is 32.2. The summed E-state index contributed by atoms with van der Waals surface area (Å²) in [7, 11) is -3.61. The molecule has 0 bridgehead atoms. The minimum Gasteiger partial charge on any atom is -0.367 e. The SMILES string of the molecule is O=C1CCCC(=O)N1CCS(=O)(=O)NCCNc1ccc(Nc2ccncc2)nn1. The van der Waals surface area contributed by atoms with Gasteiger partial charge in [-0.3, -0.25) is 19.5 Å². The predicted molar refractivity (Wildman–Crippen MR) is 110 cm³/mol. The first-order valence-electron chi connectivity index (χ1n) is 9.48. The van der Waals surface area contributed by atoms with Crippen LogP contribution in [0.1, 0.15) is 19.3 Å². The maximum Gasteiger partial charge on any atom is 0.229 e. The lowest BCUT2D eigenvalue weighted by atomic mass is 10.1. The number of amides is 2. The molecule has 0 atom stereocenters. The fourth-order valence-corrected chi connectivity index (χ4v) is 3.79. The zero-order valence-electron chi connectivity index (χ0n) is 16.2. The van der Waals surface area contributed by atoms with Gasteiger partial charge in [0.25, 0.3) is 0 Å². The molecule has 11 nitrogen and oxygen atoms in total. The van der Waals surface area contributed by atoms with Crippen molar-refractivity contribution in [2.45, 2.75) is 19.3 Å². The van der Waals surface area contributed by atoms with Crippen molar-refractivity contribution < 1.29 is 18.0 Å². The number of piperidine rings is 1. The van der Waals surface area contributed by atoms with Gasteiger partial charge in [-0.2, -0.15) is 0 Å². The first-order valence-corrected chi connectivity index (χ1v) is 11.1. The Morgan fingerprint density at radius 1 is 0.933 bits per heavy atom. The Morgan fingerprint density at radius 3 is 2.27 bits per heavy atom. The molecule has 0 unspecified atom stereocenters. The van der Waals surface area contributed by atoms with Crippen LogP contribution in [0.25, 0.3) is 0 Å². The summed E-state index contributed by atoms with van der Waals surface area (Å²) in [6.45, 7) is 0.299. The number of carbonyl (C=O) groups excluding carboxylic acids is 2. The van der Waals surface area contributed by atoms with E-state index in [1.807, 2.05) is 0 Å². The third-order valence-corrected chi connectivity index (χ3v) is 5.70. The second-order valence-electron chi connectivity index (χ2n) is 6.60. The van der Waals surface area contributed by atoms with E-state index < -0.39 is 10.0 Å². The van der Waals surface area contributed by atoms with Crippen LogP contribution in [0, 0.1) is 0 Å². The fourth-order valence-electron chi connectivity index (χ4n) is 2.81. The van der Waals surface area contributed by atoms with Crippen LogP contribution in [0.15, 0.2) is 36.7 Å². The summed E-state index contributed by atoms with van der Waals surface area (Å²) in [5, 5.41) is 14.1. The Hall–Kier alpha value is -3.12. The highest BCUT2D eigenvalue weighted by molar-refractivity contribution is 7.89. The van der Waals surface area contributed by atoms with E-state index >= 15 is 0 Å². The number of pyridine rings is 1. The highest BCUT2D eigenvalue weighted by Gasteiger charge is 2.27. The van der Waals surface area contributed by atoms with Gasteiger partial charge in [-0.1, -0.05) is 0 Å². The predicted octanol–water partition coefficient (Wildman–Crippen LogP) is 0.486. The molecule has 0 spiro atoms. The molecule has 0 radical (unpaired) electrons. The van der Waals surface area contributed by atoms with E-state index in [2.05, 4.69) is 30.5 Å². The molecule has 0 saturated carbocycles. The smallest absolute Gasteiger partial charge is 0.229 e. The maximum atomic E-state index is 12.1. The zero-order valence-corrected chi connectivity index (χ0v) is 17.1. The minimum absolute atomic E-state index is 0.127. The van der Waals surface area contributed by atoms with Crippen molar-refractivity contribution in [3.05, 3.63) is 36.7 Å². The monoisotopic (exact) mass is 433 g/mol. The normalized spacial score (nSPS) is 14.6. The van der Waals surface area contributed by atoms with Crippen LogP contribution < -0.4 is 15.4 Å². The molecule has 12 heteroatoms. The van der Waals surface area contributed by atoms with Crippen LogP contribution in [-0.2, 0) is 19.6 Å². The molecule has 3 heterocycles. The van der Waals surface area contributed by atoms with Gasteiger partial charge in [0, 0.05) is 50.6 Å². The molecule has 0 aromatic carbocycles. The Balaban J connectivity index is 1.38. The van der Waals surface area contributed by atoms with Crippen LogP contribution in [0.5, 0.6) is 0 Å². The number of sulfonamides is 1. The molecule has 3 N–H and O–H groups in total. The number of nitrogens with zero attached hydrogens (tertiary/aromatic N) is 4. The van der Waals surface area contributed by atoms with Crippen LogP contribution in [0.2, 0.25) is 0 Å². The fraction of sp³-hybridized carbons (Fsp3) is 0.389. The van der Waals surface area contributed by atoms with Crippen LogP contribution >= 0.6 is 0 Å². The standard InChI is InChI=1S/C18H23N7O4S/c26-17-2-1-3-18(27)25(17)12-13-30(28,29)21-11-10-20-15-4-5-16(24-23-15)22-14-6-8-19-9-7-14/h4-9,21H,1-3,10-13H2,(H,20,23)(H,19,22,24). The number of anilines is 3. The van der Waals surface area contributed by atoms with Crippen LogP contribution in [0.4, 0.5) is 17.3 Å². The van der Waals surface area contributed by atoms with Gasteiger partial charge in [0.15, 0.2) is 5.82 Å². The van der Waals surface area contributed by atoms with Gasteiger partial charge in [-0.15, -0.1) is 10.2 Å². The molecule has 2 amide bonds. The molecule has 1 aliphatic heterocycles. The number of nitrogens with one attached hydrogen (secondary N) is 3. The first-order chi connectivity index (χ1) is 14.4. The second kappa shape index (κ2) is 10.1. The Bertz CT molecular complexity index is 952. The summed E-state index contributed by atoms with van der Waals surface area (Å²) >= 11 is 0.